The van der Waals surface area contributed by atoms with Crippen LogP contribution in [0.15, 0.2) is 24.3 Å². The Bertz CT molecular complexity index is 504. The van der Waals surface area contributed by atoms with Gasteiger partial charge in [0.25, 0.3) is 0 Å². The van der Waals surface area contributed by atoms with Gasteiger partial charge in [-0.3, -0.25) is 9.69 Å². The Labute approximate surface area is 120 Å². The second-order valence-corrected chi connectivity index (χ2v) is 6.13. The van der Waals surface area contributed by atoms with E-state index >= 15 is 0 Å². The van der Waals surface area contributed by atoms with E-state index in [1.165, 1.54) is 0 Å². The minimum atomic E-state index is -0.0194. The summed E-state index contributed by atoms with van der Waals surface area (Å²) in [5.74, 6) is 0.253. The Balaban J connectivity index is 1.77. The number of carbonyl (C=O) groups excluding carboxylic acids is 1. The quantitative estimate of drug-likeness (QED) is 0.846. The molecule has 20 heavy (non-hydrogen) atoms. The maximum atomic E-state index is 12.8. The van der Waals surface area contributed by atoms with Crippen molar-refractivity contribution in [3.05, 3.63) is 29.8 Å². The van der Waals surface area contributed by atoms with E-state index in [2.05, 4.69) is 43.2 Å². The third-order valence-corrected chi connectivity index (χ3v) is 4.80. The Hall–Kier alpha value is -1.55. The van der Waals surface area contributed by atoms with Crippen LogP contribution in [0.5, 0.6) is 0 Å². The standard InChI is InChI=1S/C16H23N3O/c1-11-9-19(10-12(2)18(11)3)16(20)14-8-17-15-7-5-4-6-13(14)15/h4-7,11-12,14,17H,8-10H2,1-3H3. The fourth-order valence-corrected chi connectivity index (χ4v) is 3.31. The van der Waals surface area contributed by atoms with Crippen molar-refractivity contribution >= 4 is 11.6 Å². The van der Waals surface area contributed by atoms with Crippen molar-refractivity contribution in [1.82, 2.24) is 9.80 Å². The van der Waals surface area contributed by atoms with Crippen molar-refractivity contribution in [2.75, 3.05) is 32.0 Å². The van der Waals surface area contributed by atoms with Crippen LogP contribution in [0.2, 0.25) is 0 Å². The first kappa shape index (κ1) is 13.4. The van der Waals surface area contributed by atoms with Gasteiger partial charge in [0.15, 0.2) is 0 Å². The highest BCUT2D eigenvalue weighted by atomic mass is 16.2. The van der Waals surface area contributed by atoms with Gasteiger partial charge in [-0.1, -0.05) is 18.2 Å². The second kappa shape index (κ2) is 5.09. The Kier molecular flexibility index (Phi) is 3.42. The lowest BCUT2D eigenvalue weighted by Gasteiger charge is -2.43. The van der Waals surface area contributed by atoms with Crippen molar-refractivity contribution in [2.45, 2.75) is 31.8 Å². The fraction of sp³-hybridized carbons (Fsp3) is 0.562. The molecule has 2 heterocycles. The smallest absolute Gasteiger partial charge is 0.232 e. The molecule has 1 N–H and O–H groups in total. The van der Waals surface area contributed by atoms with Crippen LogP contribution in [-0.2, 0) is 4.79 Å². The predicted molar refractivity (Wildman–Crippen MR) is 80.9 cm³/mol. The Morgan fingerprint density at radius 2 is 1.85 bits per heavy atom. The molecule has 0 spiro atoms. The van der Waals surface area contributed by atoms with Crippen LogP contribution in [0.25, 0.3) is 0 Å². The molecule has 4 nitrogen and oxygen atoms in total. The summed E-state index contributed by atoms with van der Waals surface area (Å²) in [6.45, 7) is 6.78. The molecule has 3 unspecified atom stereocenters. The van der Waals surface area contributed by atoms with Crippen molar-refractivity contribution < 1.29 is 4.79 Å². The van der Waals surface area contributed by atoms with E-state index in [1.807, 2.05) is 17.0 Å². The molecule has 3 rings (SSSR count). The zero-order valence-electron chi connectivity index (χ0n) is 12.5. The topological polar surface area (TPSA) is 35.6 Å². The molecule has 0 aromatic heterocycles. The van der Waals surface area contributed by atoms with Crippen molar-refractivity contribution in [3.63, 3.8) is 0 Å². The molecule has 1 amide bonds. The number of piperazine rings is 1. The van der Waals surface area contributed by atoms with Gasteiger partial charge in [-0.25, -0.2) is 0 Å². The van der Waals surface area contributed by atoms with E-state index in [9.17, 15) is 4.79 Å². The first-order valence-electron chi connectivity index (χ1n) is 7.41. The number of para-hydroxylation sites is 1. The lowest BCUT2D eigenvalue weighted by Crippen LogP contribution is -2.57. The summed E-state index contributed by atoms with van der Waals surface area (Å²) in [5.41, 5.74) is 2.26. The molecule has 4 heteroatoms. The molecule has 1 aromatic carbocycles. The second-order valence-electron chi connectivity index (χ2n) is 6.13. The number of nitrogens with one attached hydrogen (secondary N) is 1. The monoisotopic (exact) mass is 273 g/mol. The zero-order chi connectivity index (χ0) is 14.3. The molecule has 108 valence electrons. The molecular weight excluding hydrogens is 250 g/mol. The highest BCUT2D eigenvalue weighted by molar-refractivity contribution is 5.88. The minimum absolute atomic E-state index is 0.0194. The lowest BCUT2D eigenvalue weighted by atomic mass is 9.98. The SMILES string of the molecule is CC1CN(C(=O)C2CNc3ccccc32)CC(C)N1C. The highest BCUT2D eigenvalue weighted by Crippen LogP contribution is 2.33. The molecule has 2 aliphatic rings. The number of hydrogen-bond donors (Lipinski definition) is 1. The maximum Gasteiger partial charge on any atom is 0.232 e. The number of carbonyl (C=O) groups is 1. The fourth-order valence-electron chi connectivity index (χ4n) is 3.31. The number of anilines is 1. The van der Waals surface area contributed by atoms with E-state index in [4.69, 9.17) is 0 Å². The van der Waals surface area contributed by atoms with Crippen LogP contribution in [0.3, 0.4) is 0 Å². The number of nitrogens with zero attached hydrogens (tertiary/aromatic N) is 2. The summed E-state index contributed by atoms with van der Waals surface area (Å²) >= 11 is 0. The van der Waals surface area contributed by atoms with Gasteiger partial charge in [0.2, 0.25) is 5.91 Å². The molecule has 3 atom stereocenters. The first-order valence-corrected chi connectivity index (χ1v) is 7.41. The Morgan fingerprint density at radius 3 is 2.55 bits per heavy atom. The van der Waals surface area contributed by atoms with Gasteiger partial charge in [-0.15, -0.1) is 0 Å². The van der Waals surface area contributed by atoms with Gasteiger partial charge in [-0.05, 0) is 32.5 Å². The van der Waals surface area contributed by atoms with Crippen LogP contribution >= 0.6 is 0 Å². The van der Waals surface area contributed by atoms with Crippen LogP contribution in [0.4, 0.5) is 5.69 Å². The molecule has 1 aromatic rings. The molecule has 0 saturated carbocycles. The van der Waals surface area contributed by atoms with E-state index in [0.29, 0.717) is 12.1 Å². The van der Waals surface area contributed by atoms with Gasteiger partial charge in [0.05, 0.1) is 5.92 Å². The molecule has 1 fully saturated rings. The summed E-state index contributed by atoms with van der Waals surface area (Å²) in [6.07, 6.45) is 0. The molecular formula is C16H23N3O. The molecule has 0 bridgehead atoms. The third kappa shape index (κ3) is 2.18. The Morgan fingerprint density at radius 1 is 1.20 bits per heavy atom. The average Bonchev–Trinajstić information content (AvgIpc) is 2.87. The average molecular weight is 273 g/mol. The number of rotatable bonds is 1. The minimum Gasteiger partial charge on any atom is -0.384 e. The van der Waals surface area contributed by atoms with Crippen molar-refractivity contribution in [3.8, 4) is 0 Å². The van der Waals surface area contributed by atoms with Gasteiger partial charge in [0.1, 0.15) is 0 Å². The zero-order valence-corrected chi connectivity index (χ0v) is 12.5. The first-order chi connectivity index (χ1) is 9.58. The van der Waals surface area contributed by atoms with Crippen LogP contribution < -0.4 is 5.32 Å². The number of hydrogen-bond acceptors (Lipinski definition) is 3. The summed E-state index contributed by atoms with van der Waals surface area (Å²) in [4.78, 5) is 17.2. The van der Waals surface area contributed by atoms with Crippen LogP contribution in [0, 0.1) is 0 Å². The summed E-state index contributed by atoms with van der Waals surface area (Å²) in [7, 11) is 2.14. The molecule has 1 saturated heterocycles. The summed E-state index contributed by atoms with van der Waals surface area (Å²) in [5, 5.41) is 3.34. The van der Waals surface area contributed by atoms with E-state index in [-0.39, 0.29) is 11.8 Å². The van der Waals surface area contributed by atoms with E-state index < -0.39 is 0 Å². The lowest BCUT2D eigenvalue weighted by molar-refractivity contribution is -0.136. The molecule has 0 radical (unpaired) electrons. The van der Waals surface area contributed by atoms with E-state index in [0.717, 1.165) is 30.9 Å². The van der Waals surface area contributed by atoms with Crippen molar-refractivity contribution in [2.24, 2.45) is 0 Å². The van der Waals surface area contributed by atoms with Crippen LogP contribution in [0.1, 0.15) is 25.3 Å². The maximum absolute atomic E-state index is 12.8. The molecule has 2 aliphatic heterocycles. The normalized spacial score (nSPS) is 29.9. The van der Waals surface area contributed by atoms with Gasteiger partial charge >= 0.3 is 0 Å². The summed E-state index contributed by atoms with van der Waals surface area (Å²) < 4.78 is 0. The van der Waals surface area contributed by atoms with E-state index in [1.54, 1.807) is 0 Å². The van der Waals surface area contributed by atoms with Crippen LogP contribution in [-0.4, -0.2) is 54.5 Å². The highest BCUT2D eigenvalue weighted by Gasteiger charge is 2.35. The summed E-state index contributed by atoms with van der Waals surface area (Å²) in [6, 6.07) is 9.00. The number of amides is 1. The third-order valence-electron chi connectivity index (χ3n) is 4.80. The van der Waals surface area contributed by atoms with Gasteiger partial charge in [0, 0.05) is 37.4 Å². The van der Waals surface area contributed by atoms with Crippen molar-refractivity contribution in [1.29, 1.82) is 0 Å². The van der Waals surface area contributed by atoms with Gasteiger partial charge < -0.3 is 10.2 Å². The number of benzene rings is 1. The predicted octanol–water partition coefficient (Wildman–Crippen LogP) is 1.75. The number of likely N-dealkylation sites (N-methyl/N-ethyl adjacent to an activating group) is 1. The van der Waals surface area contributed by atoms with Gasteiger partial charge in [-0.2, -0.15) is 0 Å². The number of fused-ring (bicyclic) bond motifs is 1. The molecule has 0 aliphatic carbocycles. The largest absolute Gasteiger partial charge is 0.384 e.